The topological polar surface area (TPSA) is 25.2 Å². The Kier molecular flexibility index (Phi) is 3.61. The standard InChI is InChI=1S/C13H19BrN2O/c1-9-4-5-10(2)16(7-9)13(17)12-6-11(14)8-15(12)3/h6,8-10H,4-5,7H2,1-3H3. The van der Waals surface area contributed by atoms with Crippen LogP contribution in [0, 0.1) is 5.92 Å². The maximum Gasteiger partial charge on any atom is 0.270 e. The number of aromatic nitrogens is 1. The van der Waals surface area contributed by atoms with Gasteiger partial charge in [0.05, 0.1) is 0 Å². The molecule has 0 aromatic carbocycles. The van der Waals surface area contributed by atoms with E-state index in [-0.39, 0.29) is 5.91 Å². The van der Waals surface area contributed by atoms with Gasteiger partial charge in [0.1, 0.15) is 5.69 Å². The summed E-state index contributed by atoms with van der Waals surface area (Å²) in [5.74, 6) is 0.760. The summed E-state index contributed by atoms with van der Waals surface area (Å²) in [6.45, 7) is 5.23. The monoisotopic (exact) mass is 298 g/mol. The molecular formula is C13H19BrN2O. The van der Waals surface area contributed by atoms with Crippen molar-refractivity contribution in [3.05, 3.63) is 22.4 Å². The first-order chi connectivity index (χ1) is 7.99. The van der Waals surface area contributed by atoms with Crippen molar-refractivity contribution >= 4 is 21.8 Å². The minimum Gasteiger partial charge on any atom is -0.345 e. The Balaban J connectivity index is 2.21. The van der Waals surface area contributed by atoms with Gasteiger partial charge in [-0.15, -0.1) is 0 Å². The number of halogens is 1. The summed E-state index contributed by atoms with van der Waals surface area (Å²) < 4.78 is 2.85. The SMILES string of the molecule is CC1CCC(C)N(C(=O)c2cc(Br)cn2C)C1. The Morgan fingerprint density at radius 1 is 1.41 bits per heavy atom. The number of carbonyl (C=O) groups excluding carboxylic acids is 1. The molecule has 0 aliphatic carbocycles. The highest BCUT2D eigenvalue weighted by atomic mass is 79.9. The minimum absolute atomic E-state index is 0.150. The van der Waals surface area contributed by atoms with E-state index in [0.29, 0.717) is 12.0 Å². The second-order valence-corrected chi connectivity index (χ2v) is 6.06. The molecule has 1 aliphatic heterocycles. The van der Waals surface area contributed by atoms with Crippen LogP contribution in [0.5, 0.6) is 0 Å². The Labute approximate surface area is 111 Å². The fraction of sp³-hybridized carbons (Fsp3) is 0.615. The van der Waals surface area contributed by atoms with Crippen molar-refractivity contribution in [1.82, 2.24) is 9.47 Å². The third kappa shape index (κ3) is 2.57. The van der Waals surface area contributed by atoms with E-state index in [0.717, 1.165) is 23.1 Å². The molecule has 1 saturated heterocycles. The number of hydrogen-bond donors (Lipinski definition) is 0. The first-order valence-corrected chi connectivity index (χ1v) is 6.91. The van der Waals surface area contributed by atoms with Crippen LogP contribution in [-0.4, -0.2) is 28.0 Å². The Bertz CT molecular complexity index is 427. The van der Waals surface area contributed by atoms with Crippen molar-refractivity contribution in [3.8, 4) is 0 Å². The number of amides is 1. The zero-order valence-corrected chi connectivity index (χ0v) is 12.2. The molecule has 2 atom stereocenters. The van der Waals surface area contributed by atoms with Crippen molar-refractivity contribution in [2.75, 3.05) is 6.54 Å². The molecule has 0 radical (unpaired) electrons. The van der Waals surface area contributed by atoms with E-state index in [1.54, 1.807) is 0 Å². The molecule has 17 heavy (non-hydrogen) atoms. The molecule has 0 saturated carbocycles. The molecule has 0 bridgehead atoms. The van der Waals surface area contributed by atoms with Gasteiger partial charge >= 0.3 is 0 Å². The van der Waals surface area contributed by atoms with E-state index in [1.165, 1.54) is 6.42 Å². The smallest absolute Gasteiger partial charge is 0.270 e. The highest BCUT2D eigenvalue weighted by molar-refractivity contribution is 9.10. The number of rotatable bonds is 1. The molecule has 1 aromatic rings. The second kappa shape index (κ2) is 4.84. The predicted molar refractivity (Wildman–Crippen MR) is 72.0 cm³/mol. The lowest BCUT2D eigenvalue weighted by Crippen LogP contribution is -2.45. The number of nitrogens with zero attached hydrogens (tertiary/aromatic N) is 2. The number of likely N-dealkylation sites (tertiary alicyclic amines) is 1. The Hall–Kier alpha value is -0.770. The number of carbonyl (C=O) groups is 1. The Morgan fingerprint density at radius 3 is 2.71 bits per heavy atom. The molecule has 94 valence electrons. The second-order valence-electron chi connectivity index (χ2n) is 5.14. The van der Waals surface area contributed by atoms with Gasteiger partial charge in [-0.05, 0) is 47.7 Å². The first kappa shape index (κ1) is 12.7. The van der Waals surface area contributed by atoms with Crippen LogP contribution in [0.15, 0.2) is 16.7 Å². The molecule has 1 aliphatic rings. The van der Waals surface area contributed by atoms with Crippen LogP contribution in [0.2, 0.25) is 0 Å². The van der Waals surface area contributed by atoms with Crippen LogP contribution in [0.25, 0.3) is 0 Å². The summed E-state index contributed by atoms with van der Waals surface area (Å²) in [6.07, 6.45) is 4.26. The fourth-order valence-electron chi connectivity index (χ4n) is 2.46. The molecule has 0 N–H and O–H groups in total. The molecule has 1 fully saturated rings. The van der Waals surface area contributed by atoms with E-state index in [4.69, 9.17) is 0 Å². The molecule has 0 spiro atoms. The van der Waals surface area contributed by atoms with E-state index in [9.17, 15) is 4.79 Å². The maximum absolute atomic E-state index is 12.5. The van der Waals surface area contributed by atoms with Gasteiger partial charge in [-0.25, -0.2) is 0 Å². The fourth-order valence-corrected chi connectivity index (χ4v) is 2.98. The number of aryl methyl sites for hydroxylation is 1. The summed E-state index contributed by atoms with van der Waals surface area (Å²) >= 11 is 3.41. The van der Waals surface area contributed by atoms with Gasteiger partial charge in [-0.3, -0.25) is 4.79 Å². The zero-order chi connectivity index (χ0) is 12.6. The molecule has 3 nitrogen and oxygen atoms in total. The lowest BCUT2D eigenvalue weighted by Gasteiger charge is -2.36. The van der Waals surface area contributed by atoms with Gasteiger partial charge in [-0.1, -0.05) is 6.92 Å². The Morgan fingerprint density at radius 2 is 2.12 bits per heavy atom. The van der Waals surface area contributed by atoms with Crippen molar-refractivity contribution in [3.63, 3.8) is 0 Å². The van der Waals surface area contributed by atoms with Crippen LogP contribution in [0.3, 0.4) is 0 Å². The normalized spacial score (nSPS) is 25.1. The van der Waals surface area contributed by atoms with Crippen LogP contribution >= 0.6 is 15.9 Å². The molecule has 2 heterocycles. The number of piperidine rings is 1. The largest absolute Gasteiger partial charge is 0.345 e. The lowest BCUT2D eigenvalue weighted by molar-refractivity contribution is 0.0564. The van der Waals surface area contributed by atoms with Crippen molar-refractivity contribution in [2.24, 2.45) is 13.0 Å². The highest BCUT2D eigenvalue weighted by Gasteiger charge is 2.28. The quantitative estimate of drug-likeness (QED) is 0.782. The van der Waals surface area contributed by atoms with Crippen molar-refractivity contribution < 1.29 is 4.79 Å². The molecule has 2 unspecified atom stereocenters. The number of hydrogen-bond acceptors (Lipinski definition) is 1. The van der Waals surface area contributed by atoms with Gasteiger partial charge in [0, 0.05) is 30.3 Å². The molecule has 2 rings (SSSR count). The van der Waals surface area contributed by atoms with Crippen LogP contribution < -0.4 is 0 Å². The summed E-state index contributed by atoms with van der Waals surface area (Å²) in [7, 11) is 1.91. The third-order valence-electron chi connectivity index (χ3n) is 3.57. The molecule has 4 heteroatoms. The molecular weight excluding hydrogens is 280 g/mol. The summed E-state index contributed by atoms with van der Waals surface area (Å²) in [5, 5.41) is 0. The van der Waals surface area contributed by atoms with E-state index < -0.39 is 0 Å². The summed E-state index contributed by atoms with van der Waals surface area (Å²) in [5.41, 5.74) is 0.762. The first-order valence-electron chi connectivity index (χ1n) is 6.12. The molecule has 1 amide bonds. The molecule has 1 aromatic heterocycles. The highest BCUT2D eigenvalue weighted by Crippen LogP contribution is 2.24. The van der Waals surface area contributed by atoms with Crippen LogP contribution in [0.1, 0.15) is 37.2 Å². The maximum atomic E-state index is 12.5. The zero-order valence-electron chi connectivity index (χ0n) is 10.6. The van der Waals surface area contributed by atoms with Gasteiger partial charge in [0.2, 0.25) is 0 Å². The summed E-state index contributed by atoms with van der Waals surface area (Å²) in [4.78, 5) is 14.5. The summed E-state index contributed by atoms with van der Waals surface area (Å²) in [6, 6.07) is 2.25. The van der Waals surface area contributed by atoms with Gasteiger partial charge in [-0.2, -0.15) is 0 Å². The van der Waals surface area contributed by atoms with Crippen molar-refractivity contribution in [1.29, 1.82) is 0 Å². The lowest BCUT2D eigenvalue weighted by atomic mass is 9.95. The minimum atomic E-state index is 0.150. The predicted octanol–water partition coefficient (Wildman–Crippen LogP) is 3.05. The van der Waals surface area contributed by atoms with Crippen LogP contribution in [0.4, 0.5) is 0 Å². The van der Waals surface area contributed by atoms with E-state index in [2.05, 4.69) is 29.8 Å². The van der Waals surface area contributed by atoms with E-state index in [1.807, 2.05) is 28.8 Å². The van der Waals surface area contributed by atoms with Crippen molar-refractivity contribution in [2.45, 2.75) is 32.7 Å². The third-order valence-corrected chi connectivity index (χ3v) is 4.00. The van der Waals surface area contributed by atoms with Gasteiger partial charge in [0.25, 0.3) is 5.91 Å². The average Bonchev–Trinajstić information content (AvgIpc) is 2.60. The average molecular weight is 299 g/mol. The van der Waals surface area contributed by atoms with E-state index >= 15 is 0 Å². The van der Waals surface area contributed by atoms with Gasteiger partial charge in [0.15, 0.2) is 0 Å². The van der Waals surface area contributed by atoms with Gasteiger partial charge < -0.3 is 9.47 Å². The van der Waals surface area contributed by atoms with Crippen LogP contribution in [-0.2, 0) is 7.05 Å².